The monoisotopic (exact) mass is 256 g/mol. The van der Waals surface area contributed by atoms with Gasteiger partial charge in [0, 0.05) is 12.2 Å². The van der Waals surface area contributed by atoms with E-state index in [0.29, 0.717) is 6.54 Å². The van der Waals surface area contributed by atoms with E-state index in [1.807, 2.05) is 25.1 Å². The number of imidazole rings is 1. The maximum atomic E-state index is 11.7. The largest absolute Gasteiger partial charge is 0.348 e. The van der Waals surface area contributed by atoms with E-state index in [4.69, 9.17) is 0 Å². The van der Waals surface area contributed by atoms with Crippen molar-refractivity contribution in [3.8, 4) is 0 Å². The predicted octanol–water partition coefficient (Wildman–Crippen LogP) is 1.35. The summed E-state index contributed by atoms with van der Waals surface area (Å²) in [6.45, 7) is 3.11. The van der Waals surface area contributed by atoms with Crippen molar-refractivity contribution in [2.75, 3.05) is 6.54 Å². The van der Waals surface area contributed by atoms with E-state index in [2.05, 4.69) is 32.3 Å². The summed E-state index contributed by atoms with van der Waals surface area (Å²) < 4.78 is 0. The van der Waals surface area contributed by atoms with Gasteiger partial charge in [0.05, 0.1) is 18.6 Å². The minimum atomic E-state index is -0.140. The molecule has 1 saturated heterocycles. The van der Waals surface area contributed by atoms with Crippen molar-refractivity contribution < 1.29 is 4.79 Å². The molecular formula is C14H16N4O. The lowest BCUT2D eigenvalue weighted by molar-refractivity contribution is -0.118. The molecule has 19 heavy (non-hydrogen) atoms. The van der Waals surface area contributed by atoms with Crippen LogP contribution in [0.25, 0.3) is 0 Å². The molecule has 0 aliphatic carbocycles. The summed E-state index contributed by atoms with van der Waals surface area (Å²) in [5, 5.41) is 2.97. The van der Waals surface area contributed by atoms with Crippen LogP contribution in [0.5, 0.6) is 0 Å². The molecule has 2 heterocycles. The van der Waals surface area contributed by atoms with Gasteiger partial charge in [0.1, 0.15) is 6.17 Å². The van der Waals surface area contributed by atoms with Crippen molar-refractivity contribution in [1.82, 2.24) is 20.2 Å². The van der Waals surface area contributed by atoms with Crippen molar-refractivity contribution in [3.63, 3.8) is 0 Å². The van der Waals surface area contributed by atoms with Gasteiger partial charge in [-0.05, 0) is 12.5 Å². The van der Waals surface area contributed by atoms with Crippen molar-refractivity contribution in [2.45, 2.75) is 19.6 Å². The van der Waals surface area contributed by atoms with Gasteiger partial charge in [-0.15, -0.1) is 0 Å². The summed E-state index contributed by atoms with van der Waals surface area (Å²) >= 11 is 0. The first-order valence-corrected chi connectivity index (χ1v) is 6.31. The lowest BCUT2D eigenvalue weighted by atomic mass is 10.2. The number of H-pyrrole nitrogens is 1. The number of nitrogens with one attached hydrogen (secondary N) is 2. The van der Waals surface area contributed by atoms with Crippen molar-refractivity contribution >= 4 is 5.91 Å². The maximum absolute atomic E-state index is 11.7. The van der Waals surface area contributed by atoms with Crippen molar-refractivity contribution in [1.29, 1.82) is 0 Å². The van der Waals surface area contributed by atoms with Crippen LogP contribution in [-0.2, 0) is 11.3 Å². The van der Waals surface area contributed by atoms with Crippen LogP contribution in [0.15, 0.2) is 36.7 Å². The summed E-state index contributed by atoms with van der Waals surface area (Å²) in [5.74, 6) is 0.0448. The molecule has 5 nitrogen and oxygen atoms in total. The van der Waals surface area contributed by atoms with Gasteiger partial charge in [0.25, 0.3) is 0 Å². The molecule has 1 aromatic carbocycles. The third-order valence-corrected chi connectivity index (χ3v) is 3.37. The number of rotatable bonds is 3. The molecule has 0 spiro atoms. The average molecular weight is 256 g/mol. The van der Waals surface area contributed by atoms with Gasteiger partial charge in [0.15, 0.2) is 0 Å². The van der Waals surface area contributed by atoms with Crippen LogP contribution in [0, 0.1) is 6.92 Å². The average Bonchev–Trinajstić information content (AvgIpc) is 2.97. The van der Waals surface area contributed by atoms with Crippen LogP contribution >= 0.6 is 0 Å². The summed E-state index contributed by atoms with van der Waals surface area (Å²) in [7, 11) is 0. The first-order chi connectivity index (χ1) is 9.24. The van der Waals surface area contributed by atoms with E-state index < -0.39 is 0 Å². The highest BCUT2D eigenvalue weighted by atomic mass is 16.2. The molecule has 98 valence electrons. The van der Waals surface area contributed by atoms with E-state index in [1.54, 1.807) is 6.33 Å². The third-order valence-electron chi connectivity index (χ3n) is 3.37. The van der Waals surface area contributed by atoms with Gasteiger partial charge < -0.3 is 10.3 Å². The second kappa shape index (κ2) is 4.85. The van der Waals surface area contributed by atoms with Gasteiger partial charge in [-0.3, -0.25) is 9.69 Å². The molecule has 1 fully saturated rings. The van der Waals surface area contributed by atoms with Crippen LogP contribution in [0.3, 0.4) is 0 Å². The molecule has 5 heteroatoms. The Labute approximate surface area is 111 Å². The smallest absolute Gasteiger partial charge is 0.235 e. The summed E-state index contributed by atoms with van der Waals surface area (Å²) in [6, 6.07) is 10.1. The molecule has 1 amide bonds. The number of carbonyl (C=O) groups excluding carboxylic acids is 1. The van der Waals surface area contributed by atoms with E-state index in [-0.39, 0.29) is 12.1 Å². The number of benzene rings is 1. The third kappa shape index (κ3) is 2.37. The molecular weight excluding hydrogens is 240 g/mol. The summed E-state index contributed by atoms with van der Waals surface area (Å²) in [6.07, 6.45) is 1.52. The Bertz CT molecular complexity index is 578. The molecule has 2 aromatic rings. The Hall–Kier alpha value is -2.14. The minimum absolute atomic E-state index is 0.0448. The Morgan fingerprint density at radius 3 is 2.84 bits per heavy atom. The zero-order valence-corrected chi connectivity index (χ0v) is 10.8. The number of nitrogens with zero attached hydrogens (tertiary/aromatic N) is 2. The Kier molecular flexibility index (Phi) is 3.05. The molecule has 0 radical (unpaired) electrons. The fourth-order valence-electron chi connectivity index (χ4n) is 2.42. The second-order valence-electron chi connectivity index (χ2n) is 4.77. The minimum Gasteiger partial charge on any atom is -0.348 e. The lowest BCUT2D eigenvalue weighted by Gasteiger charge is -2.22. The van der Waals surface area contributed by atoms with Gasteiger partial charge in [-0.25, -0.2) is 4.98 Å². The van der Waals surface area contributed by atoms with Crippen LogP contribution in [-0.4, -0.2) is 27.3 Å². The van der Waals surface area contributed by atoms with E-state index in [9.17, 15) is 4.79 Å². The molecule has 0 saturated carbocycles. The van der Waals surface area contributed by atoms with Crippen LogP contribution in [0.2, 0.25) is 0 Å². The molecule has 2 N–H and O–H groups in total. The van der Waals surface area contributed by atoms with E-state index in [1.165, 1.54) is 5.56 Å². The van der Waals surface area contributed by atoms with E-state index in [0.717, 1.165) is 17.9 Å². The summed E-state index contributed by atoms with van der Waals surface area (Å²) in [5.41, 5.74) is 3.07. The number of aromatic amines is 1. The van der Waals surface area contributed by atoms with Gasteiger partial charge >= 0.3 is 0 Å². The van der Waals surface area contributed by atoms with Crippen LogP contribution in [0.1, 0.15) is 23.1 Å². The first kappa shape index (κ1) is 11.9. The number of aromatic nitrogens is 2. The number of hydrogen-bond donors (Lipinski definition) is 2. The van der Waals surface area contributed by atoms with Crippen molar-refractivity contribution in [2.24, 2.45) is 0 Å². The number of carbonyl (C=O) groups is 1. The molecule has 1 aliphatic heterocycles. The van der Waals surface area contributed by atoms with Crippen LogP contribution in [0.4, 0.5) is 0 Å². The molecule has 1 aliphatic rings. The predicted molar refractivity (Wildman–Crippen MR) is 71.1 cm³/mol. The molecule has 0 unspecified atom stereocenters. The Morgan fingerprint density at radius 1 is 1.37 bits per heavy atom. The number of hydrogen-bond acceptors (Lipinski definition) is 3. The molecule has 1 atom stereocenters. The van der Waals surface area contributed by atoms with Gasteiger partial charge in [-0.2, -0.15) is 0 Å². The SMILES string of the molecule is Cc1[nH]cnc1[C@@H]1NC(=O)CN1Cc1ccccc1. The highest BCUT2D eigenvalue weighted by molar-refractivity contribution is 5.80. The quantitative estimate of drug-likeness (QED) is 0.871. The Balaban J connectivity index is 1.83. The van der Waals surface area contributed by atoms with Crippen LogP contribution < -0.4 is 5.32 Å². The fraction of sp³-hybridized carbons (Fsp3) is 0.286. The zero-order valence-electron chi connectivity index (χ0n) is 10.8. The standard InChI is InChI=1S/C14H16N4O/c1-10-13(16-9-15-10)14-17-12(19)8-18(14)7-11-5-3-2-4-6-11/h2-6,9,14H,7-8H2,1H3,(H,15,16)(H,17,19)/t14-/m1/s1. The normalized spacial score (nSPS) is 19.6. The Morgan fingerprint density at radius 2 is 2.16 bits per heavy atom. The fourth-order valence-corrected chi connectivity index (χ4v) is 2.42. The topological polar surface area (TPSA) is 61.0 Å². The number of amides is 1. The van der Waals surface area contributed by atoms with Gasteiger partial charge in [0.2, 0.25) is 5.91 Å². The maximum Gasteiger partial charge on any atom is 0.235 e. The van der Waals surface area contributed by atoms with Crippen molar-refractivity contribution in [3.05, 3.63) is 53.6 Å². The lowest BCUT2D eigenvalue weighted by Crippen LogP contribution is -2.28. The van der Waals surface area contributed by atoms with E-state index >= 15 is 0 Å². The molecule has 3 rings (SSSR count). The van der Waals surface area contributed by atoms with Gasteiger partial charge in [-0.1, -0.05) is 30.3 Å². The second-order valence-corrected chi connectivity index (χ2v) is 4.77. The molecule has 0 bridgehead atoms. The zero-order chi connectivity index (χ0) is 13.2. The first-order valence-electron chi connectivity index (χ1n) is 6.31. The number of aryl methyl sites for hydroxylation is 1. The highest BCUT2D eigenvalue weighted by Crippen LogP contribution is 2.24. The highest BCUT2D eigenvalue weighted by Gasteiger charge is 2.33. The summed E-state index contributed by atoms with van der Waals surface area (Å²) in [4.78, 5) is 21.1. The molecule has 1 aromatic heterocycles.